The summed E-state index contributed by atoms with van der Waals surface area (Å²) in [5.74, 6) is -0.403. The van der Waals surface area contributed by atoms with Crippen molar-refractivity contribution in [3.8, 4) is 28.0 Å². The van der Waals surface area contributed by atoms with E-state index in [1.807, 2.05) is 0 Å². The minimum absolute atomic E-state index is 0.0340. The number of nitrogens with one attached hydrogen (secondary N) is 1. The molecule has 2 aromatic carbocycles. The number of rotatable bonds is 4. The van der Waals surface area contributed by atoms with Gasteiger partial charge in [0.25, 0.3) is 5.91 Å². The van der Waals surface area contributed by atoms with Gasteiger partial charge >= 0.3 is 6.18 Å². The van der Waals surface area contributed by atoms with E-state index in [0.29, 0.717) is 11.1 Å². The number of carbonyl (C=O) groups excluding carboxylic acids is 1. The number of amides is 1. The Morgan fingerprint density at radius 3 is 2.60 bits per heavy atom. The Bertz CT molecular complexity index is 1140. The highest BCUT2D eigenvalue weighted by Gasteiger charge is 2.61. The van der Waals surface area contributed by atoms with Crippen LogP contribution in [-0.2, 0) is 17.4 Å². The third-order valence-corrected chi connectivity index (χ3v) is 5.16. The topological polar surface area (TPSA) is 76.4 Å². The summed E-state index contributed by atoms with van der Waals surface area (Å²) in [7, 11) is 3.12. The molecule has 6 nitrogen and oxygen atoms in total. The van der Waals surface area contributed by atoms with E-state index in [0.717, 1.165) is 6.07 Å². The van der Waals surface area contributed by atoms with E-state index in [1.165, 1.54) is 30.1 Å². The third kappa shape index (κ3) is 2.93. The highest BCUT2D eigenvalue weighted by atomic mass is 19.4. The van der Waals surface area contributed by atoms with Crippen molar-refractivity contribution in [3.05, 3.63) is 59.9 Å². The van der Waals surface area contributed by atoms with Crippen molar-refractivity contribution in [1.29, 1.82) is 0 Å². The lowest BCUT2D eigenvalue weighted by molar-refractivity contribution is -0.246. The monoisotopic (exact) mass is 417 g/mol. The van der Waals surface area contributed by atoms with E-state index in [4.69, 9.17) is 4.74 Å². The van der Waals surface area contributed by atoms with E-state index in [2.05, 4.69) is 10.4 Å². The number of hydrogen-bond acceptors (Lipinski definition) is 4. The van der Waals surface area contributed by atoms with Crippen LogP contribution < -0.4 is 10.1 Å². The first-order valence-corrected chi connectivity index (χ1v) is 9.06. The van der Waals surface area contributed by atoms with Crippen LogP contribution in [0.15, 0.2) is 48.8 Å². The van der Waals surface area contributed by atoms with Crippen LogP contribution in [0.2, 0.25) is 0 Å². The van der Waals surface area contributed by atoms with Crippen molar-refractivity contribution in [3.63, 3.8) is 0 Å². The van der Waals surface area contributed by atoms with E-state index in [9.17, 15) is 23.1 Å². The fourth-order valence-electron chi connectivity index (χ4n) is 3.75. The lowest BCUT2D eigenvalue weighted by Crippen LogP contribution is -2.41. The van der Waals surface area contributed by atoms with Crippen LogP contribution in [0.5, 0.6) is 5.75 Å². The van der Waals surface area contributed by atoms with Crippen LogP contribution in [0.25, 0.3) is 22.3 Å². The Labute approximate surface area is 169 Å². The molecule has 0 saturated heterocycles. The molecule has 1 aromatic heterocycles. The van der Waals surface area contributed by atoms with Gasteiger partial charge in [0, 0.05) is 37.0 Å². The van der Waals surface area contributed by atoms with Gasteiger partial charge in [-0.1, -0.05) is 24.3 Å². The van der Waals surface area contributed by atoms with Gasteiger partial charge in [-0.3, -0.25) is 9.48 Å². The van der Waals surface area contributed by atoms with Crippen LogP contribution in [0.4, 0.5) is 13.2 Å². The van der Waals surface area contributed by atoms with Crippen LogP contribution in [0, 0.1) is 0 Å². The molecule has 9 heteroatoms. The standard InChI is InChI=1S/C21H18F3N3O3/c1-25-18(28)11-30-13-7-15(12-9-26-27(2)10-12)19-14-5-3-4-6-16(14)20(29,17(19)8-13)21(22,23)24/h3-10,29H,11H2,1-2H3,(H,25,28). The number of ether oxygens (including phenoxy) is 1. The van der Waals surface area contributed by atoms with E-state index in [1.54, 1.807) is 31.4 Å². The summed E-state index contributed by atoms with van der Waals surface area (Å²) in [6.07, 6.45) is -1.79. The summed E-state index contributed by atoms with van der Waals surface area (Å²) < 4.78 is 49.5. The summed E-state index contributed by atoms with van der Waals surface area (Å²) in [5, 5.41) is 17.5. The number of benzene rings is 2. The largest absolute Gasteiger partial charge is 0.484 e. The van der Waals surface area contributed by atoms with Crippen molar-refractivity contribution < 1.29 is 27.8 Å². The molecule has 156 valence electrons. The Kier molecular flexibility index (Phi) is 4.58. The highest BCUT2D eigenvalue weighted by molar-refractivity contribution is 5.93. The lowest BCUT2D eigenvalue weighted by atomic mass is 9.89. The number of likely N-dealkylation sites (N-methyl/N-ethyl adjacent to an activating group) is 1. The van der Waals surface area contributed by atoms with Crippen molar-refractivity contribution in [2.24, 2.45) is 7.05 Å². The molecule has 4 rings (SSSR count). The average Bonchev–Trinajstić information content (AvgIpc) is 3.26. The molecule has 30 heavy (non-hydrogen) atoms. The average molecular weight is 417 g/mol. The maximum atomic E-state index is 14.2. The zero-order chi connectivity index (χ0) is 21.7. The Hall–Kier alpha value is -3.33. The van der Waals surface area contributed by atoms with Gasteiger partial charge in [0.15, 0.2) is 6.61 Å². The molecule has 1 heterocycles. The SMILES string of the molecule is CNC(=O)COc1cc(-c2cnn(C)c2)c2c(c1)C(O)(C(F)(F)F)c1ccccc1-2. The summed E-state index contributed by atoms with van der Waals surface area (Å²) in [6, 6.07) is 8.58. The maximum Gasteiger partial charge on any atom is 0.425 e. The normalized spacial score (nSPS) is 17.4. The molecule has 0 radical (unpaired) electrons. The van der Waals surface area contributed by atoms with Crippen LogP contribution in [0.1, 0.15) is 11.1 Å². The quantitative estimate of drug-likeness (QED) is 0.684. The fraction of sp³-hybridized carbons (Fsp3) is 0.238. The molecule has 1 aliphatic rings. The minimum Gasteiger partial charge on any atom is -0.484 e. The van der Waals surface area contributed by atoms with Gasteiger partial charge in [-0.05, 0) is 28.8 Å². The number of nitrogens with zero attached hydrogens (tertiary/aromatic N) is 2. The predicted octanol–water partition coefficient (Wildman–Crippen LogP) is 2.99. The highest BCUT2D eigenvalue weighted by Crippen LogP contribution is 2.58. The fourth-order valence-corrected chi connectivity index (χ4v) is 3.75. The van der Waals surface area contributed by atoms with Gasteiger partial charge in [0.1, 0.15) is 5.75 Å². The first kappa shape index (κ1) is 20.0. The van der Waals surface area contributed by atoms with E-state index >= 15 is 0 Å². The molecular weight excluding hydrogens is 399 g/mol. The first-order valence-electron chi connectivity index (χ1n) is 9.06. The Morgan fingerprint density at radius 1 is 1.23 bits per heavy atom. The molecule has 1 aliphatic carbocycles. The van der Waals surface area contributed by atoms with Gasteiger partial charge in [-0.25, -0.2) is 0 Å². The minimum atomic E-state index is -4.97. The molecule has 3 aromatic rings. The predicted molar refractivity (Wildman–Crippen MR) is 103 cm³/mol. The molecule has 2 N–H and O–H groups in total. The van der Waals surface area contributed by atoms with E-state index in [-0.39, 0.29) is 34.6 Å². The van der Waals surface area contributed by atoms with Crippen molar-refractivity contribution >= 4 is 5.91 Å². The maximum absolute atomic E-state index is 14.2. The summed E-state index contributed by atoms with van der Waals surface area (Å²) >= 11 is 0. The number of carbonyl (C=O) groups is 1. The van der Waals surface area contributed by atoms with Crippen molar-refractivity contribution in [2.75, 3.05) is 13.7 Å². The molecule has 1 atom stereocenters. The number of halogens is 3. The van der Waals surface area contributed by atoms with E-state index < -0.39 is 17.7 Å². The number of fused-ring (bicyclic) bond motifs is 3. The molecule has 1 unspecified atom stereocenters. The second-order valence-electron chi connectivity index (χ2n) is 7.01. The number of hydrogen-bond donors (Lipinski definition) is 2. The molecule has 0 fully saturated rings. The zero-order valence-corrected chi connectivity index (χ0v) is 16.1. The molecule has 0 aliphatic heterocycles. The lowest BCUT2D eigenvalue weighted by Gasteiger charge is -2.28. The van der Waals surface area contributed by atoms with Crippen LogP contribution >= 0.6 is 0 Å². The van der Waals surface area contributed by atoms with Crippen molar-refractivity contribution in [2.45, 2.75) is 11.8 Å². The number of aliphatic hydroxyl groups is 1. The third-order valence-electron chi connectivity index (χ3n) is 5.16. The summed E-state index contributed by atoms with van der Waals surface area (Å²) in [5.41, 5.74) is -2.29. The summed E-state index contributed by atoms with van der Waals surface area (Å²) in [6.45, 7) is -0.376. The second-order valence-corrected chi connectivity index (χ2v) is 7.01. The van der Waals surface area contributed by atoms with Gasteiger partial charge in [0.05, 0.1) is 6.20 Å². The number of aromatic nitrogens is 2. The number of aryl methyl sites for hydroxylation is 1. The smallest absolute Gasteiger partial charge is 0.425 e. The van der Waals surface area contributed by atoms with Gasteiger partial charge in [-0.2, -0.15) is 18.3 Å². The zero-order valence-electron chi connectivity index (χ0n) is 16.1. The first-order chi connectivity index (χ1) is 14.2. The second kappa shape index (κ2) is 6.88. The molecule has 0 spiro atoms. The van der Waals surface area contributed by atoms with Gasteiger partial charge in [-0.15, -0.1) is 0 Å². The molecule has 0 saturated carbocycles. The molecule has 1 amide bonds. The van der Waals surface area contributed by atoms with Gasteiger partial charge < -0.3 is 15.2 Å². The van der Waals surface area contributed by atoms with Crippen LogP contribution in [-0.4, -0.2) is 40.6 Å². The van der Waals surface area contributed by atoms with Crippen molar-refractivity contribution in [1.82, 2.24) is 15.1 Å². The molecular formula is C21H18F3N3O3. The van der Waals surface area contributed by atoms with Gasteiger partial charge in [0.2, 0.25) is 5.60 Å². The Balaban J connectivity index is 2.00. The Morgan fingerprint density at radius 2 is 1.97 bits per heavy atom. The number of alkyl halides is 3. The molecule has 0 bridgehead atoms. The van der Waals surface area contributed by atoms with Crippen LogP contribution in [0.3, 0.4) is 0 Å². The summed E-state index contributed by atoms with van der Waals surface area (Å²) in [4.78, 5) is 11.6.